The van der Waals surface area contributed by atoms with Crippen LogP contribution in [0.2, 0.25) is 5.02 Å². The number of carbonyl (C=O) groups is 1. The van der Waals surface area contributed by atoms with Crippen LogP contribution < -0.4 is 11.1 Å². The molecule has 1 unspecified atom stereocenters. The number of nitrogens with one attached hydrogen (secondary N) is 1. The molecule has 1 aromatic heterocycles. The summed E-state index contributed by atoms with van der Waals surface area (Å²) in [6.45, 7) is 1.99. The molecule has 3 N–H and O–H groups in total. The summed E-state index contributed by atoms with van der Waals surface area (Å²) in [6, 6.07) is 4.82. The van der Waals surface area contributed by atoms with E-state index in [9.17, 15) is 4.79 Å². The number of hydrogen-bond acceptors (Lipinski definition) is 3. The topological polar surface area (TPSA) is 72.9 Å². The molecule has 0 aliphatic heterocycles. The minimum absolute atomic E-state index is 0. The van der Waals surface area contributed by atoms with Crippen molar-refractivity contribution in [3.05, 3.63) is 41.9 Å². The first kappa shape index (κ1) is 17.5. The molecule has 114 valence electrons. The maximum Gasteiger partial charge on any atom is 0.241 e. The Kier molecular flexibility index (Phi) is 6.68. The maximum absolute atomic E-state index is 11.8. The molecule has 2 aromatic rings. The molecule has 7 heteroatoms. The van der Waals surface area contributed by atoms with Crippen LogP contribution in [0, 0.1) is 0 Å². The lowest BCUT2D eigenvalue weighted by Crippen LogP contribution is -2.35. The summed E-state index contributed by atoms with van der Waals surface area (Å²) in [4.78, 5) is 15.8. The van der Waals surface area contributed by atoms with Gasteiger partial charge in [0.15, 0.2) is 0 Å². The Labute approximate surface area is 134 Å². The van der Waals surface area contributed by atoms with E-state index in [1.165, 1.54) is 0 Å². The fourth-order valence-corrected chi connectivity index (χ4v) is 2.15. The average Bonchev–Trinajstić information content (AvgIpc) is 2.93. The van der Waals surface area contributed by atoms with E-state index in [2.05, 4.69) is 10.3 Å². The molecule has 1 amide bonds. The van der Waals surface area contributed by atoms with Crippen molar-refractivity contribution in [2.75, 3.05) is 5.32 Å². The predicted molar refractivity (Wildman–Crippen MR) is 87.3 cm³/mol. The Hall–Kier alpha value is -1.56. The highest BCUT2D eigenvalue weighted by molar-refractivity contribution is 6.32. The van der Waals surface area contributed by atoms with Gasteiger partial charge in [-0.15, -0.1) is 12.4 Å². The lowest BCUT2D eigenvalue weighted by molar-refractivity contribution is -0.117. The van der Waals surface area contributed by atoms with Crippen molar-refractivity contribution in [3.63, 3.8) is 0 Å². The summed E-state index contributed by atoms with van der Waals surface area (Å²) in [6.07, 6.45) is 6.67. The van der Waals surface area contributed by atoms with Crippen molar-refractivity contribution in [1.29, 1.82) is 0 Å². The number of benzene rings is 1. The number of nitrogens with zero attached hydrogens (tertiary/aromatic N) is 2. The fraction of sp³-hybridized carbons (Fsp3) is 0.286. The maximum atomic E-state index is 11.8. The van der Waals surface area contributed by atoms with Gasteiger partial charge in [0.05, 0.1) is 23.1 Å². The van der Waals surface area contributed by atoms with Gasteiger partial charge in [-0.2, -0.15) is 0 Å². The first-order chi connectivity index (χ1) is 9.61. The highest BCUT2D eigenvalue weighted by Crippen LogP contribution is 2.24. The lowest BCUT2D eigenvalue weighted by atomic mass is 10.1. The van der Waals surface area contributed by atoms with Gasteiger partial charge < -0.3 is 15.6 Å². The van der Waals surface area contributed by atoms with E-state index in [0.29, 0.717) is 17.1 Å². The smallest absolute Gasteiger partial charge is 0.241 e. The van der Waals surface area contributed by atoms with Crippen LogP contribution in [0.4, 0.5) is 5.69 Å². The van der Waals surface area contributed by atoms with Gasteiger partial charge in [0.1, 0.15) is 0 Å². The lowest BCUT2D eigenvalue weighted by Gasteiger charge is -2.12. The number of aromatic nitrogens is 2. The van der Waals surface area contributed by atoms with Crippen LogP contribution in [0.3, 0.4) is 0 Å². The SMILES string of the molecule is CCCC(N)C(=O)Nc1ccc(-n2ccnc2)c(Cl)c1.Cl. The van der Waals surface area contributed by atoms with Crippen LogP contribution in [-0.4, -0.2) is 21.5 Å². The van der Waals surface area contributed by atoms with E-state index in [1.54, 1.807) is 35.4 Å². The van der Waals surface area contributed by atoms with Crippen LogP contribution in [0.25, 0.3) is 5.69 Å². The average molecular weight is 329 g/mol. The predicted octanol–water partition coefficient (Wildman–Crippen LogP) is 3.01. The zero-order valence-corrected chi connectivity index (χ0v) is 13.2. The molecule has 0 spiro atoms. The largest absolute Gasteiger partial charge is 0.325 e. The molecule has 0 saturated heterocycles. The van der Waals surface area contributed by atoms with Gasteiger partial charge >= 0.3 is 0 Å². The Bertz CT molecular complexity index is 587. The normalized spacial score (nSPS) is 11.6. The van der Waals surface area contributed by atoms with Crippen molar-refractivity contribution in [3.8, 4) is 5.69 Å². The molecular formula is C14H18Cl2N4O. The summed E-state index contributed by atoms with van der Waals surface area (Å²) in [5.41, 5.74) is 7.20. The van der Waals surface area contributed by atoms with Crippen molar-refractivity contribution in [2.45, 2.75) is 25.8 Å². The van der Waals surface area contributed by atoms with Gasteiger partial charge in [-0.25, -0.2) is 4.98 Å². The Balaban J connectivity index is 0.00000220. The third-order valence-corrected chi connectivity index (χ3v) is 3.24. The number of halogens is 2. The monoisotopic (exact) mass is 328 g/mol. The number of carbonyl (C=O) groups excluding carboxylic acids is 1. The Morgan fingerprint density at radius 3 is 2.86 bits per heavy atom. The van der Waals surface area contributed by atoms with E-state index in [4.69, 9.17) is 17.3 Å². The van der Waals surface area contributed by atoms with Gasteiger partial charge in [0, 0.05) is 18.1 Å². The molecule has 0 bridgehead atoms. The summed E-state index contributed by atoms with van der Waals surface area (Å²) in [5.74, 6) is -0.196. The number of amides is 1. The molecule has 2 rings (SSSR count). The second-order valence-electron chi connectivity index (χ2n) is 4.52. The summed E-state index contributed by atoms with van der Waals surface area (Å²) in [7, 11) is 0. The molecule has 1 heterocycles. The zero-order valence-electron chi connectivity index (χ0n) is 11.6. The minimum Gasteiger partial charge on any atom is -0.325 e. The molecule has 0 aliphatic rings. The van der Waals surface area contributed by atoms with E-state index >= 15 is 0 Å². The van der Waals surface area contributed by atoms with Crippen molar-refractivity contribution in [1.82, 2.24) is 9.55 Å². The number of hydrogen-bond donors (Lipinski definition) is 2. The van der Waals surface area contributed by atoms with Gasteiger partial charge in [-0.1, -0.05) is 24.9 Å². The number of rotatable bonds is 5. The van der Waals surface area contributed by atoms with E-state index in [0.717, 1.165) is 12.1 Å². The van der Waals surface area contributed by atoms with Gasteiger partial charge in [-0.3, -0.25) is 4.79 Å². The number of anilines is 1. The molecular weight excluding hydrogens is 311 g/mol. The van der Waals surface area contributed by atoms with Crippen LogP contribution in [0.5, 0.6) is 0 Å². The molecule has 0 saturated carbocycles. The Morgan fingerprint density at radius 1 is 1.52 bits per heavy atom. The van der Waals surface area contributed by atoms with Crippen LogP contribution in [-0.2, 0) is 4.79 Å². The zero-order chi connectivity index (χ0) is 14.5. The highest BCUT2D eigenvalue weighted by Gasteiger charge is 2.13. The van der Waals surface area contributed by atoms with E-state index in [-0.39, 0.29) is 18.3 Å². The third-order valence-electron chi connectivity index (χ3n) is 2.93. The summed E-state index contributed by atoms with van der Waals surface area (Å²) in [5, 5.41) is 3.30. The number of imidazole rings is 1. The second kappa shape index (κ2) is 8.02. The molecule has 21 heavy (non-hydrogen) atoms. The van der Waals surface area contributed by atoms with Crippen molar-refractivity contribution < 1.29 is 4.79 Å². The Morgan fingerprint density at radius 2 is 2.29 bits per heavy atom. The van der Waals surface area contributed by atoms with Gasteiger partial charge in [0.2, 0.25) is 5.91 Å². The van der Waals surface area contributed by atoms with Crippen molar-refractivity contribution in [2.24, 2.45) is 5.73 Å². The van der Waals surface area contributed by atoms with Crippen molar-refractivity contribution >= 4 is 35.6 Å². The summed E-state index contributed by atoms with van der Waals surface area (Å²) < 4.78 is 1.80. The third kappa shape index (κ3) is 4.46. The first-order valence-electron chi connectivity index (χ1n) is 6.46. The number of nitrogens with two attached hydrogens (primary N) is 1. The van der Waals surface area contributed by atoms with Crippen LogP contribution in [0.15, 0.2) is 36.9 Å². The molecule has 0 radical (unpaired) electrons. The molecule has 1 aromatic carbocycles. The quantitative estimate of drug-likeness (QED) is 0.886. The van der Waals surface area contributed by atoms with E-state index < -0.39 is 6.04 Å². The van der Waals surface area contributed by atoms with Gasteiger partial charge in [-0.05, 0) is 24.6 Å². The van der Waals surface area contributed by atoms with E-state index in [1.807, 2.05) is 13.0 Å². The van der Waals surface area contributed by atoms with Gasteiger partial charge in [0.25, 0.3) is 0 Å². The second-order valence-corrected chi connectivity index (χ2v) is 4.93. The standard InChI is InChI=1S/C14H17ClN4O.ClH/c1-2-3-12(16)14(20)18-10-4-5-13(11(15)8-10)19-7-6-17-9-19;/h4-9,12H,2-3,16H2,1H3,(H,18,20);1H. The molecule has 1 atom stereocenters. The highest BCUT2D eigenvalue weighted by atomic mass is 35.5. The summed E-state index contributed by atoms with van der Waals surface area (Å²) >= 11 is 6.21. The molecule has 0 fully saturated rings. The molecule has 5 nitrogen and oxygen atoms in total. The van der Waals surface area contributed by atoms with Crippen LogP contribution >= 0.6 is 24.0 Å². The molecule has 0 aliphatic carbocycles. The first-order valence-corrected chi connectivity index (χ1v) is 6.84. The minimum atomic E-state index is -0.493. The van der Waals surface area contributed by atoms with Crippen LogP contribution in [0.1, 0.15) is 19.8 Å². The fourth-order valence-electron chi connectivity index (χ4n) is 1.87.